The lowest BCUT2D eigenvalue weighted by Crippen LogP contribution is -2.51. The molecule has 0 aliphatic heterocycles. The lowest BCUT2D eigenvalue weighted by molar-refractivity contribution is -0.121. The van der Waals surface area contributed by atoms with Gasteiger partial charge in [0.25, 0.3) is 0 Å². The van der Waals surface area contributed by atoms with E-state index < -0.39 is 18.1 Å². The van der Waals surface area contributed by atoms with E-state index >= 15 is 0 Å². The number of carbonyl (C=O) groups is 1. The molecule has 0 spiro atoms. The van der Waals surface area contributed by atoms with E-state index in [1.54, 1.807) is 24.3 Å². The summed E-state index contributed by atoms with van der Waals surface area (Å²) in [5, 5.41) is 12.5. The average molecular weight is 349 g/mol. The van der Waals surface area contributed by atoms with Crippen LogP contribution in [0.25, 0.3) is 0 Å². The Morgan fingerprint density at radius 3 is 2.42 bits per heavy atom. The maximum absolute atomic E-state index is 11.9. The molecule has 0 radical (unpaired) electrons. The number of ether oxygens (including phenoxy) is 1. The Bertz CT molecular complexity index is 670. The zero-order valence-corrected chi connectivity index (χ0v) is 14.2. The fourth-order valence-electron chi connectivity index (χ4n) is 1.92. The monoisotopic (exact) mass is 348 g/mol. The highest BCUT2D eigenvalue weighted by atomic mass is 35.5. The standard InChI is InChI=1S/C18H21ClN2O3/c1-18(20,12-22)17(23)21-15-6-8-16(9-7-15)24-11-10-13-2-4-14(19)5-3-13/h2-9,22H,10-12,20H2,1H3,(H,21,23)/t18-/m0/s1. The summed E-state index contributed by atoms with van der Waals surface area (Å²) < 4.78 is 5.68. The second-order valence-corrected chi connectivity index (χ2v) is 6.22. The Labute approximate surface area is 146 Å². The van der Waals surface area contributed by atoms with Crippen LogP contribution in [0.5, 0.6) is 5.75 Å². The Balaban J connectivity index is 1.83. The number of nitrogens with one attached hydrogen (secondary N) is 1. The van der Waals surface area contributed by atoms with Crippen molar-refractivity contribution in [1.82, 2.24) is 0 Å². The van der Waals surface area contributed by atoms with Crippen LogP contribution in [0.4, 0.5) is 5.69 Å². The van der Waals surface area contributed by atoms with Crippen molar-refractivity contribution in [3.8, 4) is 5.75 Å². The van der Waals surface area contributed by atoms with Gasteiger partial charge in [-0.1, -0.05) is 23.7 Å². The lowest BCUT2D eigenvalue weighted by Gasteiger charge is -2.20. The lowest BCUT2D eigenvalue weighted by atomic mass is 10.0. The number of aliphatic hydroxyl groups is 1. The van der Waals surface area contributed by atoms with Crippen LogP contribution in [0.2, 0.25) is 5.02 Å². The number of anilines is 1. The van der Waals surface area contributed by atoms with Crippen molar-refractivity contribution < 1.29 is 14.6 Å². The first-order valence-electron chi connectivity index (χ1n) is 7.59. The zero-order chi connectivity index (χ0) is 17.6. The second-order valence-electron chi connectivity index (χ2n) is 5.78. The molecule has 2 rings (SSSR count). The molecule has 128 valence electrons. The normalized spacial score (nSPS) is 13.2. The van der Waals surface area contributed by atoms with Gasteiger partial charge in [-0.3, -0.25) is 4.79 Å². The van der Waals surface area contributed by atoms with Gasteiger partial charge in [0.15, 0.2) is 0 Å². The first-order chi connectivity index (χ1) is 11.4. The minimum atomic E-state index is -1.31. The van der Waals surface area contributed by atoms with E-state index in [2.05, 4.69) is 5.32 Å². The molecule has 0 aliphatic rings. The number of carbonyl (C=O) groups excluding carboxylic acids is 1. The van der Waals surface area contributed by atoms with Crippen molar-refractivity contribution in [2.24, 2.45) is 5.73 Å². The van der Waals surface area contributed by atoms with Crippen molar-refractivity contribution in [2.45, 2.75) is 18.9 Å². The molecule has 5 nitrogen and oxygen atoms in total. The Hall–Kier alpha value is -2.08. The summed E-state index contributed by atoms with van der Waals surface area (Å²) in [4.78, 5) is 11.9. The smallest absolute Gasteiger partial charge is 0.246 e. The number of nitrogens with two attached hydrogens (primary N) is 1. The highest BCUT2D eigenvalue weighted by Crippen LogP contribution is 2.17. The van der Waals surface area contributed by atoms with Crippen LogP contribution in [-0.2, 0) is 11.2 Å². The summed E-state index contributed by atoms with van der Waals surface area (Å²) >= 11 is 5.85. The van der Waals surface area contributed by atoms with Gasteiger partial charge in [-0.15, -0.1) is 0 Å². The van der Waals surface area contributed by atoms with E-state index in [1.165, 1.54) is 6.92 Å². The van der Waals surface area contributed by atoms with Gasteiger partial charge in [0, 0.05) is 17.1 Å². The van der Waals surface area contributed by atoms with E-state index in [4.69, 9.17) is 27.2 Å². The molecule has 1 atom stereocenters. The van der Waals surface area contributed by atoms with Gasteiger partial charge in [-0.2, -0.15) is 0 Å². The van der Waals surface area contributed by atoms with Crippen molar-refractivity contribution >= 4 is 23.2 Å². The molecule has 0 heterocycles. The molecule has 0 fully saturated rings. The minimum Gasteiger partial charge on any atom is -0.493 e. The van der Waals surface area contributed by atoms with Crippen LogP contribution in [0.3, 0.4) is 0 Å². The summed E-state index contributed by atoms with van der Waals surface area (Å²) in [5.74, 6) is 0.265. The van der Waals surface area contributed by atoms with Gasteiger partial charge in [0.2, 0.25) is 5.91 Å². The maximum Gasteiger partial charge on any atom is 0.246 e. The summed E-state index contributed by atoms with van der Waals surface area (Å²) in [6, 6.07) is 14.6. The molecule has 24 heavy (non-hydrogen) atoms. The van der Waals surface area contributed by atoms with Gasteiger partial charge < -0.3 is 20.9 Å². The van der Waals surface area contributed by atoms with Crippen molar-refractivity contribution in [3.05, 3.63) is 59.1 Å². The number of benzene rings is 2. The first kappa shape index (κ1) is 18.3. The van der Waals surface area contributed by atoms with Crippen molar-refractivity contribution in [2.75, 3.05) is 18.5 Å². The van der Waals surface area contributed by atoms with Crippen LogP contribution in [0, 0.1) is 0 Å². The maximum atomic E-state index is 11.9. The molecule has 2 aromatic carbocycles. The van der Waals surface area contributed by atoms with Crippen LogP contribution >= 0.6 is 11.6 Å². The number of hydrogen-bond acceptors (Lipinski definition) is 4. The van der Waals surface area contributed by atoms with Gasteiger partial charge in [0.1, 0.15) is 11.3 Å². The minimum absolute atomic E-state index is 0.426. The van der Waals surface area contributed by atoms with E-state index in [0.29, 0.717) is 23.1 Å². The molecule has 6 heteroatoms. The van der Waals surface area contributed by atoms with E-state index in [0.717, 1.165) is 12.0 Å². The van der Waals surface area contributed by atoms with Gasteiger partial charge in [-0.05, 0) is 48.9 Å². The van der Waals surface area contributed by atoms with Crippen LogP contribution < -0.4 is 15.8 Å². The average Bonchev–Trinajstić information content (AvgIpc) is 2.58. The SMILES string of the molecule is C[C@](N)(CO)C(=O)Nc1ccc(OCCc2ccc(Cl)cc2)cc1. The van der Waals surface area contributed by atoms with Gasteiger partial charge >= 0.3 is 0 Å². The molecular weight excluding hydrogens is 328 g/mol. The highest BCUT2D eigenvalue weighted by molar-refractivity contribution is 6.30. The third-order valence-electron chi connectivity index (χ3n) is 3.53. The molecule has 2 aromatic rings. The number of amides is 1. The Morgan fingerprint density at radius 2 is 1.83 bits per heavy atom. The van der Waals surface area contributed by atoms with E-state index in [-0.39, 0.29) is 0 Å². The summed E-state index contributed by atoms with van der Waals surface area (Å²) in [6.07, 6.45) is 0.775. The van der Waals surface area contributed by atoms with E-state index in [9.17, 15) is 4.79 Å². The topological polar surface area (TPSA) is 84.6 Å². The Morgan fingerprint density at radius 1 is 1.21 bits per heavy atom. The predicted octanol–water partition coefficient (Wildman–Crippen LogP) is 2.61. The van der Waals surface area contributed by atoms with Gasteiger partial charge in [-0.25, -0.2) is 0 Å². The largest absolute Gasteiger partial charge is 0.493 e. The first-order valence-corrected chi connectivity index (χ1v) is 7.97. The summed E-state index contributed by atoms with van der Waals surface area (Å²) in [7, 11) is 0. The highest BCUT2D eigenvalue weighted by Gasteiger charge is 2.27. The second kappa shape index (κ2) is 8.15. The van der Waals surface area contributed by atoms with Gasteiger partial charge in [0.05, 0.1) is 13.2 Å². The predicted molar refractivity (Wildman–Crippen MR) is 95.4 cm³/mol. The zero-order valence-electron chi connectivity index (χ0n) is 13.5. The van der Waals surface area contributed by atoms with E-state index in [1.807, 2.05) is 24.3 Å². The Kier molecular flexibility index (Phi) is 6.20. The molecule has 0 unspecified atom stereocenters. The third-order valence-corrected chi connectivity index (χ3v) is 3.78. The fourth-order valence-corrected chi connectivity index (χ4v) is 2.04. The summed E-state index contributed by atoms with van der Waals surface area (Å²) in [5.41, 5.74) is 6.10. The molecule has 0 aromatic heterocycles. The fraction of sp³-hybridized carbons (Fsp3) is 0.278. The summed E-state index contributed by atoms with van der Waals surface area (Å²) in [6.45, 7) is 1.58. The number of hydrogen-bond donors (Lipinski definition) is 3. The van der Waals surface area contributed by atoms with Crippen LogP contribution in [0.1, 0.15) is 12.5 Å². The number of halogens is 1. The molecule has 0 saturated heterocycles. The van der Waals surface area contributed by atoms with Crippen LogP contribution in [-0.4, -0.2) is 29.8 Å². The third kappa shape index (κ3) is 5.23. The quantitative estimate of drug-likeness (QED) is 0.718. The molecule has 1 amide bonds. The number of rotatable bonds is 7. The molecule has 0 bridgehead atoms. The van der Waals surface area contributed by atoms with Crippen molar-refractivity contribution in [1.29, 1.82) is 0 Å². The molecule has 0 aliphatic carbocycles. The molecule has 4 N–H and O–H groups in total. The van der Waals surface area contributed by atoms with Crippen LogP contribution in [0.15, 0.2) is 48.5 Å². The number of aliphatic hydroxyl groups excluding tert-OH is 1. The molecular formula is C18H21ClN2O3. The van der Waals surface area contributed by atoms with Crippen molar-refractivity contribution in [3.63, 3.8) is 0 Å². The molecule has 0 saturated carbocycles.